The van der Waals surface area contributed by atoms with E-state index < -0.39 is 0 Å². The quantitative estimate of drug-likeness (QED) is 0.825. The van der Waals surface area contributed by atoms with E-state index in [0.717, 1.165) is 11.1 Å². The Morgan fingerprint density at radius 2 is 1.75 bits per heavy atom. The molecule has 2 rings (SSSR count). The fourth-order valence-electron chi connectivity index (χ4n) is 2.14. The minimum Gasteiger partial charge on any atom is -0.493 e. The van der Waals surface area contributed by atoms with Crippen LogP contribution in [0.25, 0.3) is 6.08 Å². The van der Waals surface area contributed by atoms with E-state index in [9.17, 15) is 4.79 Å². The van der Waals surface area contributed by atoms with Crippen LogP contribution < -0.4 is 19.5 Å². The van der Waals surface area contributed by atoms with Gasteiger partial charge in [0.25, 0.3) is 0 Å². The fraction of sp³-hybridized carbons (Fsp3) is 0.222. The van der Waals surface area contributed by atoms with Crippen molar-refractivity contribution in [2.45, 2.75) is 6.92 Å². The van der Waals surface area contributed by atoms with Gasteiger partial charge >= 0.3 is 0 Å². The minimum absolute atomic E-state index is 0.276. The molecule has 126 valence electrons. The third-order valence-corrected chi connectivity index (χ3v) is 3.28. The van der Waals surface area contributed by atoms with Crippen molar-refractivity contribution in [3.05, 3.63) is 47.7 Å². The van der Waals surface area contributed by atoms with E-state index in [0.29, 0.717) is 23.1 Å². The molecule has 0 unspecified atom stereocenters. The van der Waals surface area contributed by atoms with Crippen molar-refractivity contribution >= 4 is 17.8 Å². The van der Waals surface area contributed by atoms with Gasteiger partial charge in [0.2, 0.25) is 11.7 Å². The van der Waals surface area contributed by atoms with Crippen molar-refractivity contribution in [1.29, 1.82) is 0 Å². The highest BCUT2D eigenvalue weighted by Gasteiger charge is 2.12. The monoisotopic (exact) mass is 328 g/mol. The molecule has 0 saturated heterocycles. The Balaban J connectivity index is 2.17. The number of carbonyl (C=O) groups excluding carboxylic acids is 1. The van der Waals surface area contributed by atoms with Crippen LogP contribution in [-0.4, -0.2) is 32.2 Å². The molecule has 1 amide bonds. The third-order valence-electron chi connectivity index (χ3n) is 3.28. The number of benzene rings is 1. The second kappa shape index (κ2) is 8.01. The van der Waals surface area contributed by atoms with Gasteiger partial charge in [0.05, 0.1) is 21.3 Å². The van der Waals surface area contributed by atoms with Gasteiger partial charge in [-0.3, -0.25) is 4.79 Å². The predicted molar refractivity (Wildman–Crippen MR) is 92.7 cm³/mol. The number of carbonyl (C=O) groups is 1. The zero-order chi connectivity index (χ0) is 17.5. The molecule has 6 heteroatoms. The highest BCUT2D eigenvalue weighted by molar-refractivity contribution is 6.01. The van der Waals surface area contributed by atoms with E-state index >= 15 is 0 Å². The Labute approximate surface area is 141 Å². The maximum absolute atomic E-state index is 12.0. The molecule has 6 nitrogen and oxygen atoms in total. The summed E-state index contributed by atoms with van der Waals surface area (Å²) in [7, 11) is 4.62. The van der Waals surface area contributed by atoms with Gasteiger partial charge in [-0.25, -0.2) is 4.98 Å². The van der Waals surface area contributed by atoms with Gasteiger partial charge in [0, 0.05) is 12.3 Å². The van der Waals surface area contributed by atoms with Gasteiger partial charge in [0.1, 0.15) is 5.82 Å². The smallest absolute Gasteiger partial charge is 0.249 e. The number of nitrogens with zero attached hydrogens (tertiary/aromatic N) is 1. The van der Waals surface area contributed by atoms with Gasteiger partial charge in [-0.2, -0.15) is 0 Å². The summed E-state index contributed by atoms with van der Waals surface area (Å²) in [6, 6.07) is 7.18. The maximum atomic E-state index is 12.0. The normalized spacial score (nSPS) is 10.5. The fourth-order valence-corrected chi connectivity index (χ4v) is 2.14. The van der Waals surface area contributed by atoms with Crippen molar-refractivity contribution in [3.8, 4) is 17.2 Å². The summed E-state index contributed by atoms with van der Waals surface area (Å²) in [6.07, 6.45) is 4.73. The van der Waals surface area contributed by atoms with Crippen molar-refractivity contribution in [3.63, 3.8) is 0 Å². The zero-order valence-electron chi connectivity index (χ0n) is 14.1. The second-order valence-electron chi connectivity index (χ2n) is 5.00. The number of hydrogen-bond donors (Lipinski definition) is 1. The predicted octanol–water partition coefficient (Wildman–Crippen LogP) is 3.07. The summed E-state index contributed by atoms with van der Waals surface area (Å²) in [4.78, 5) is 16.1. The molecule has 1 aromatic heterocycles. The largest absolute Gasteiger partial charge is 0.493 e. The van der Waals surface area contributed by atoms with E-state index in [1.54, 1.807) is 44.7 Å². The standard InChI is InChI=1S/C18H20N2O4/c1-12-7-8-19-16(9-12)20-17(21)6-5-13-10-14(22-2)18(24-4)15(11-13)23-3/h5-11H,1-4H3,(H,19,20,21)/b6-5+. The summed E-state index contributed by atoms with van der Waals surface area (Å²) in [5, 5.41) is 2.71. The molecule has 0 atom stereocenters. The van der Waals surface area contributed by atoms with Gasteiger partial charge in [0.15, 0.2) is 11.5 Å². The molecule has 0 aliphatic rings. The van der Waals surface area contributed by atoms with Crippen molar-refractivity contribution in [1.82, 2.24) is 4.98 Å². The molecule has 0 bridgehead atoms. The van der Waals surface area contributed by atoms with Crippen LogP contribution in [0, 0.1) is 6.92 Å². The van der Waals surface area contributed by atoms with Crippen LogP contribution in [-0.2, 0) is 4.79 Å². The summed E-state index contributed by atoms with van der Waals surface area (Å²) in [5.74, 6) is 1.79. The Morgan fingerprint density at radius 1 is 1.08 bits per heavy atom. The van der Waals surface area contributed by atoms with Crippen LogP contribution in [0.3, 0.4) is 0 Å². The molecule has 2 aromatic rings. The molecule has 24 heavy (non-hydrogen) atoms. The average Bonchev–Trinajstić information content (AvgIpc) is 2.58. The molecule has 0 aliphatic carbocycles. The summed E-state index contributed by atoms with van der Waals surface area (Å²) >= 11 is 0. The highest BCUT2D eigenvalue weighted by Crippen LogP contribution is 2.38. The second-order valence-corrected chi connectivity index (χ2v) is 5.00. The Kier molecular flexibility index (Phi) is 5.78. The Hall–Kier alpha value is -3.02. The minimum atomic E-state index is -0.276. The maximum Gasteiger partial charge on any atom is 0.249 e. The number of ether oxygens (including phenoxy) is 3. The number of nitrogens with one attached hydrogen (secondary N) is 1. The third kappa shape index (κ3) is 4.25. The number of aromatic nitrogens is 1. The number of amides is 1. The summed E-state index contributed by atoms with van der Waals surface area (Å²) in [5.41, 5.74) is 1.77. The van der Waals surface area contributed by atoms with Gasteiger partial charge < -0.3 is 19.5 Å². The van der Waals surface area contributed by atoms with E-state index in [1.807, 2.05) is 13.0 Å². The lowest BCUT2D eigenvalue weighted by Gasteiger charge is -2.12. The topological polar surface area (TPSA) is 69.7 Å². The average molecular weight is 328 g/mol. The lowest BCUT2D eigenvalue weighted by atomic mass is 10.1. The van der Waals surface area contributed by atoms with Crippen LogP contribution in [0.5, 0.6) is 17.2 Å². The molecule has 1 aromatic carbocycles. The van der Waals surface area contributed by atoms with E-state index in [4.69, 9.17) is 14.2 Å². The first-order valence-corrected chi connectivity index (χ1v) is 7.29. The number of hydrogen-bond acceptors (Lipinski definition) is 5. The number of pyridine rings is 1. The van der Waals surface area contributed by atoms with Crippen molar-refractivity contribution in [2.24, 2.45) is 0 Å². The van der Waals surface area contributed by atoms with Crippen molar-refractivity contribution in [2.75, 3.05) is 26.6 Å². The van der Waals surface area contributed by atoms with E-state index in [2.05, 4.69) is 10.3 Å². The molecule has 0 spiro atoms. The summed E-state index contributed by atoms with van der Waals surface area (Å²) in [6.45, 7) is 1.93. The molecule has 0 saturated carbocycles. The first-order chi connectivity index (χ1) is 11.6. The Bertz CT molecular complexity index is 731. The number of rotatable bonds is 6. The molecular weight excluding hydrogens is 308 g/mol. The molecule has 0 aliphatic heterocycles. The van der Waals surface area contributed by atoms with Crippen molar-refractivity contribution < 1.29 is 19.0 Å². The van der Waals surface area contributed by atoms with Crippen LogP contribution in [0.4, 0.5) is 5.82 Å². The molecule has 0 fully saturated rings. The van der Waals surface area contributed by atoms with Crippen LogP contribution in [0.2, 0.25) is 0 Å². The molecule has 1 N–H and O–H groups in total. The van der Waals surface area contributed by atoms with Crippen LogP contribution in [0.1, 0.15) is 11.1 Å². The van der Waals surface area contributed by atoms with Gasteiger partial charge in [-0.1, -0.05) is 0 Å². The molecule has 0 radical (unpaired) electrons. The zero-order valence-corrected chi connectivity index (χ0v) is 14.1. The molecular formula is C18H20N2O4. The number of methoxy groups -OCH3 is 3. The van der Waals surface area contributed by atoms with E-state index in [-0.39, 0.29) is 5.91 Å². The first kappa shape index (κ1) is 17.3. The summed E-state index contributed by atoms with van der Waals surface area (Å²) < 4.78 is 15.8. The lowest BCUT2D eigenvalue weighted by Crippen LogP contribution is -2.09. The SMILES string of the molecule is COc1cc(/C=C/C(=O)Nc2cc(C)ccn2)cc(OC)c1OC. The van der Waals surface area contributed by atoms with Crippen LogP contribution in [0.15, 0.2) is 36.5 Å². The molecule has 1 heterocycles. The van der Waals surface area contributed by atoms with Gasteiger partial charge in [-0.05, 0) is 48.4 Å². The van der Waals surface area contributed by atoms with Crippen LogP contribution >= 0.6 is 0 Å². The number of anilines is 1. The first-order valence-electron chi connectivity index (χ1n) is 7.29. The highest BCUT2D eigenvalue weighted by atomic mass is 16.5. The van der Waals surface area contributed by atoms with E-state index in [1.165, 1.54) is 13.2 Å². The van der Waals surface area contributed by atoms with Gasteiger partial charge in [-0.15, -0.1) is 0 Å². The Morgan fingerprint density at radius 3 is 2.29 bits per heavy atom. The number of aryl methyl sites for hydroxylation is 1. The lowest BCUT2D eigenvalue weighted by molar-refractivity contribution is -0.111.